The molecule has 0 N–H and O–H groups in total. The molecule has 0 atom stereocenters. The lowest BCUT2D eigenvalue weighted by Crippen LogP contribution is -1.83. The zero-order valence-electron chi connectivity index (χ0n) is 15.8. The fourth-order valence-corrected chi connectivity index (χ4v) is 3.25. The van der Waals surface area contributed by atoms with Crippen molar-refractivity contribution in [2.75, 3.05) is 0 Å². The number of aryl methyl sites for hydroxylation is 4. The molecule has 0 aliphatic heterocycles. The molecule has 2 rings (SSSR count). The van der Waals surface area contributed by atoms with Crippen LogP contribution in [0.25, 0.3) is 6.08 Å². The summed E-state index contributed by atoms with van der Waals surface area (Å²) in [7, 11) is 0. The van der Waals surface area contributed by atoms with Gasteiger partial charge in [-0.15, -0.1) is 0 Å². The minimum absolute atomic E-state index is 1.07. The zero-order chi connectivity index (χ0) is 21.0. The van der Waals surface area contributed by atoms with Crippen LogP contribution in [0.2, 0.25) is 0 Å². The molecule has 0 saturated carbocycles. The summed E-state index contributed by atoms with van der Waals surface area (Å²) in [5.41, 5.74) is 5.99. The molecule has 0 amide bonds. The van der Waals surface area contributed by atoms with Crippen molar-refractivity contribution in [3.05, 3.63) is 84.2 Å². The van der Waals surface area contributed by atoms with E-state index < -0.39 is 0 Å². The van der Waals surface area contributed by atoms with Gasteiger partial charge in [-0.2, -0.15) is 10.5 Å². The van der Waals surface area contributed by atoms with Crippen LogP contribution in [0.1, 0.15) is 27.8 Å². The molecule has 0 heterocycles. The van der Waals surface area contributed by atoms with E-state index in [-0.39, 0.29) is 0 Å². The molecular formula is C22H21Br3N2. The number of hydrogen-bond acceptors (Lipinski definition) is 2. The molecule has 0 aliphatic carbocycles. The predicted molar refractivity (Wildman–Crippen MR) is 125 cm³/mol. The second-order valence-electron chi connectivity index (χ2n) is 5.62. The summed E-state index contributed by atoms with van der Waals surface area (Å²) in [5.74, 6) is 0. The van der Waals surface area contributed by atoms with Gasteiger partial charge in [0.1, 0.15) is 0 Å². The van der Waals surface area contributed by atoms with E-state index >= 15 is 0 Å². The Balaban J connectivity index is 0.000000428. The molecule has 0 aromatic heterocycles. The van der Waals surface area contributed by atoms with Crippen LogP contribution < -0.4 is 0 Å². The summed E-state index contributed by atoms with van der Waals surface area (Å²) in [6.07, 6.45) is 4.48. The number of halogens is 3. The summed E-state index contributed by atoms with van der Waals surface area (Å²) < 4.78 is 3.49. The average molecular weight is 553 g/mol. The van der Waals surface area contributed by atoms with Gasteiger partial charge in [-0.1, -0.05) is 66.5 Å². The van der Waals surface area contributed by atoms with E-state index in [2.05, 4.69) is 80.3 Å². The number of nitriles is 2. The van der Waals surface area contributed by atoms with Gasteiger partial charge in [0.15, 0.2) is 0 Å². The fraction of sp³-hybridized carbons (Fsp3) is 0.182. The van der Waals surface area contributed by atoms with Crippen molar-refractivity contribution in [2.24, 2.45) is 0 Å². The van der Waals surface area contributed by atoms with Crippen molar-refractivity contribution in [3.63, 3.8) is 0 Å². The molecule has 140 valence electrons. The highest BCUT2D eigenvalue weighted by Gasteiger charge is 2.00. The number of allylic oxidation sites excluding steroid dienone is 2. The van der Waals surface area contributed by atoms with Gasteiger partial charge in [-0.05, 0) is 73.7 Å². The van der Waals surface area contributed by atoms with Gasteiger partial charge in [-0.25, -0.2) is 0 Å². The van der Waals surface area contributed by atoms with Gasteiger partial charge in [0.25, 0.3) is 0 Å². The van der Waals surface area contributed by atoms with Crippen LogP contribution in [0.5, 0.6) is 0 Å². The van der Waals surface area contributed by atoms with Gasteiger partial charge in [0, 0.05) is 25.6 Å². The van der Waals surface area contributed by atoms with Crippen molar-refractivity contribution >= 4 is 53.9 Å². The zero-order valence-corrected chi connectivity index (χ0v) is 20.5. The maximum Gasteiger partial charge on any atom is 0.0912 e. The van der Waals surface area contributed by atoms with Crippen molar-refractivity contribution in [3.8, 4) is 12.1 Å². The molecule has 2 aromatic rings. The van der Waals surface area contributed by atoms with Crippen molar-refractivity contribution in [1.29, 1.82) is 10.5 Å². The van der Waals surface area contributed by atoms with E-state index in [1.165, 1.54) is 38.9 Å². The summed E-state index contributed by atoms with van der Waals surface area (Å²) in [6.45, 7) is 11.4. The Morgan fingerprint density at radius 3 is 1.48 bits per heavy atom. The lowest BCUT2D eigenvalue weighted by Gasteiger charge is -2.03. The minimum Gasteiger partial charge on any atom is -0.193 e. The molecule has 0 saturated heterocycles. The topological polar surface area (TPSA) is 47.6 Å². The molecule has 2 aromatic carbocycles. The summed E-state index contributed by atoms with van der Waals surface area (Å²) in [5, 5.41) is 15.9. The normalized spacial score (nSPS) is 9.22. The van der Waals surface area contributed by atoms with Crippen LogP contribution >= 0.6 is 47.8 Å². The first-order valence-electron chi connectivity index (χ1n) is 7.93. The maximum absolute atomic E-state index is 8.37. The molecule has 2 nitrogen and oxygen atoms in total. The lowest BCUT2D eigenvalue weighted by atomic mass is 10.1. The van der Waals surface area contributed by atoms with Gasteiger partial charge in [0.2, 0.25) is 0 Å². The average Bonchev–Trinajstić information content (AvgIpc) is 2.63. The van der Waals surface area contributed by atoms with Crippen LogP contribution in [0.4, 0.5) is 0 Å². The highest BCUT2D eigenvalue weighted by atomic mass is 79.9. The van der Waals surface area contributed by atoms with E-state index in [9.17, 15) is 0 Å². The van der Waals surface area contributed by atoms with Crippen molar-refractivity contribution in [1.82, 2.24) is 0 Å². The van der Waals surface area contributed by atoms with Crippen LogP contribution in [0, 0.1) is 50.4 Å². The second kappa shape index (κ2) is 13.5. The Bertz CT molecular complexity index is 855. The summed E-state index contributed by atoms with van der Waals surface area (Å²) in [4.78, 5) is 0. The van der Waals surface area contributed by atoms with E-state index in [1.54, 1.807) is 6.07 Å². The quantitative estimate of drug-likeness (QED) is 0.335. The van der Waals surface area contributed by atoms with Gasteiger partial charge in [-0.3, -0.25) is 0 Å². The number of rotatable bonds is 1. The van der Waals surface area contributed by atoms with Crippen LogP contribution in [0.15, 0.2) is 56.4 Å². The largest absolute Gasteiger partial charge is 0.193 e. The first-order valence-corrected chi connectivity index (χ1v) is 10.3. The molecular weight excluding hydrogens is 532 g/mol. The van der Waals surface area contributed by atoms with Crippen molar-refractivity contribution < 1.29 is 0 Å². The van der Waals surface area contributed by atoms with E-state index in [1.807, 2.05) is 38.1 Å². The first-order chi connectivity index (χ1) is 12.7. The summed E-state index contributed by atoms with van der Waals surface area (Å²) >= 11 is 10.4. The smallest absolute Gasteiger partial charge is 0.0912 e. The van der Waals surface area contributed by atoms with Crippen LogP contribution in [-0.4, -0.2) is 0 Å². The monoisotopic (exact) mass is 550 g/mol. The van der Waals surface area contributed by atoms with Crippen LogP contribution in [0.3, 0.4) is 0 Å². The van der Waals surface area contributed by atoms with Crippen molar-refractivity contribution in [2.45, 2.75) is 27.7 Å². The third-order valence-corrected chi connectivity index (χ3v) is 6.26. The molecule has 0 spiro atoms. The minimum atomic E-state index is 1.07. The molecule has 0 fully saturated rings. The van der Waals surface area contributed by atoms with Gasteiger partial charge in [0.05, 0.1) is 12.1 Å². The third kappa shape index (κ3) is 9.73. The Hall–Kier alpha value is -1.66. The van der Waals surface area contributed by atoms with Gasteiger partial charge < -0.3 is 0 Å². The fourth-order valence-electron chi connectivity index (χ4n) is 2.10. The number of hydrogen-bond donors (Lipinski definition) is 0. The Labute approximate surface area is 187 Å². The standard InChI is InChI=1S/C11H10BrN.C8H8Br2.C3H3N/c1-8-6-10(4-3-5-13)7-9(2)11(8)12;1-5-3-7(9)4-6(2)8(5)10;1-2-3-4/h3-4,6-7H,1-2H3;3-4H,1-2H3;2H,1H2/b4-3+;;. The lowest BCUT2D eigenvalue weighted by molar-refractivity contribution is 1.33. The second-order valence-corrected chi connectivity index (χ2v) is 8.12. The first kappa shape index (κ1) is 25.3. The SMILES string of the molecule is C=CC#N.Cc1cc(/C=C/C#N)cc(C)c1Br.Cc1cc(Br)cc(C)c1Br. The number of nitrogens with zero attached hydrogens (tertiary/aromatic N) is 2. The molecule has 0 bridgehead atoms. The molecule has 0 radical (unpaired) electrons. The highest BCUT2D eigenvalue weighted by Crippen LogP contribution is 2.25. The van der Waals surface area contributed by atoms with Gasteiger partial charge >= 0.3 is 0 Å². The Kier molecular flexibility index (Phi) is 12.7. The van der Waals surface area contributed by atoms with E-state index in [4.69, 9.17) is 10.5 Å². The maximum atomic E-state index is 8.37. The molecule has 5 heteroatoms. The molecule has 27 heavy (non-hydrogen) atoms. The Morgan fingerprint density at radius 2 is 1.15 bits per heavy atom. The van der Waals surface area contributed by atoms with Crippen LogP contribution in [-0.2, 0) is 0 Å². The third-order valence-electron chi connectivity index (χ3n) is 3.30. The number of benzene rings is 2. The molecule has 0 aliphatic rings. The predicted octanol–water partition coefficient (Wildman–Crippen LogP) is 8.13. The highest BCUT2D eigenvalue weighted by molar-refractivity contribution is 9.11. The van der Waals surface area contributed by atoms with E-state index in [0.29, 0.717) is 0 Å². The summed E-state index contributed by atoms with van der Waals surface area (Å²) in [6, 6.07) is 12.0. The Morgan fingerprint density at radius 1 is 0.778 bits per heavy atom. The molecule has 0 unspecified atom stereocenters. The van der Waals surface area contributed by atoms with E-state index in [0.717, 1.165) is 14.5 Å².